The number of aromatic carboxylic acids is 1. The van der Waals surface area contributed by atoms with Crippen molar-refractivity contribution in [1.82, 2.24) is 4.90 Å². The Balaban J connectivity index is 3.30. The number of phenols is 1. The maximum atomic E-state index is 11.6. The molecule has 0 heterocycles. The first kappa shape index (κ1) is 11.0. The number of amides is 1. The Morgan fingerprint density at radius 3 is 2.27 bits per heavy atom. The number of nitrogens with zero attached hydrogens (tertiary/aromatic N) is 1. The van der Waals surface area contributed by atoms with Crippen molar-refractivity contribution < 1.29 is 19.8 Å². The lowest BCUT2D eigenvalue weighted by Gasteiger charge is -2.12. The predicted molar refractivity (Wildman–Crippen MR) is 53.1 cm³/mol. The first-order valence-corrected chi connectivity index (χ1v) is 4.21. The van der Waals surface area contributed by atoms with Crippen LogP contribution in [-0.2, 0) is 0 Å². The van der Waals surface area contributed by atoms with Crippen LogP contribution in [0.4, 0.5) is 0 Å². The van der Waals surface area contributed by atoms with Crippen LogP contribution in [0.2, 0.25) is 0 Å². The van der Waals surface area contributed by atoms with Crippen LogP contribution >= 0.6 is 0 Å². The zero-order valence-corrected chi connectivity index (χ0v) is 8.39. The highest BCUT2D eigenvalue weighted by Gasteiger charge is 2.18. The van der Waals surface area contributed by atoms with Crippen molar-refractivity contribution in [3.05, 3.63) is 29.3 Å². The molecule has 15 heavy (non-hydrogen) atoms. The fraction of sp³-hybridized carbons (Fsp3) is 0.200. The normalized spacial score (nSPS) is 9.73. The molecule has 0 saturated carbocycles. The van der Waals surface area contributed by atoms with Gasteiger partial charge in [0.05, 0.1) is 11.1 Å². The molecule has 5 heteroatoms. The van der Waals surface area contributed by atoms with Crippen molar-refractivity contribution in [2.24, 2.45) is 0 Å². The van der Waals surface area contributed by atoms with E-state index in [1.54, 1.807) is 0 Å². The summed E-state index contributed by atoms with van der Waals surface area (Å²) in [5, 5.41) is 18.0. The molecule has 1 aromatic rings. The summed E-state index contributed by atoms with van der Waals surface area (Å²) >= 11 is 0. The van der Waals surface area contributed by atoms with Gasteiger partial charge in [-0.25, -0.2) is 4.79 Å². The summed E-state index contributed by atoms with van der Waals surface area (Å²) in [5.74, 6) is -1.78. The third-order valence-electron chi connectivity index (χ3n) is 1.87. The van der Waals surface area contributed by atoms with Gasteiger partial charge in [0.2, 0.25) is 0 Å². The Labute approximate surface area is 86.6 Å². The number of rotatable bonds is 2. The maximum absolute atomic E-state index is 11.6. The largest absolute Gasteiger partial charge is 0.508 e. The van der Waals surface area contributed by atoms with Crippen LogP contribution in [0.25, 0.3) is 0 Å². The highest BCUT2D eigenvalue weighted by atomic mass is 16.4. The SMILES string of the molecule is CN(C)C(=O)c1cc(O)ccc1C(=O)O. The minimum atomic E-state index is -1.19. The van der Waals surface area contributed by atoms with Gasteiger partial charge >= 0.3 is 5.97 Å². The summed E-state index contributed by atoms with van der Waals surface area (Å²) < 4.78 is 0. The smallest absolute Gasteiger partial charge is 0.336 e. The van der Waals surface area contributed by atoms with Crippen molar-refractivity contribution >= 4 is 11.9 Å². The van der Waals surface area contributed by atoms with Crippen molar-refractivity contribution in [2.75, 3.05) is 14.1 Å². The van der Waals surface area contributed by atoms with Crippen LogP contribution in [-0.4, -0.2) is 41.1 Å². The van der Waals surface area contributed by atoms with Gasteiger partial charge in [0.25, 0.3) is 5.91 Å². The zero-order valence-electron chi connectivity index (χ0n) is 8.39. The van der Waals surface area contributed by atoms with Gasteiger partial charge in [-0.3, -0.25) is 4.79 Å². The average Bonchev–Trinajstić information content (AvgIpc) is 2.15. The molecule has 80 valence electrons. The van der Waals surface area contributed by atoms with Crippen molar-refractivity contribution in [3.8, 4) is 5.75 Å². The van der Waals surface area contributed by atoms with E-state index < -0.39 is 11.9 Å². The van der Waals surface area contributed by atoms with Crippen LogP contribution in [0.3, 0.4) is 0 Å². The minimum Gasteiger partial charge on any atom is -0.508 e. The van der Waals surface area contributed by atoms with Crippen molar-refractivity contribution in [3.63, 3.8) is 0 Å². The molecule has 0 aliphatic carbocycles. The van der Waals surface area contributed by atoms with E-state index in [0.29, 0.717) is 0 Å². The molecule has 1 rings (SSSR count). The van der Waals surface area contributed by atoms with Crippen LogP contribution < -0.4 is 0 Å². The maximum Gasteiger partial charge on any atom is 0.336 e. The molecular formula is C10H11NO4. The Morgan fingerprint density at radius 2 is 1.80 bits per heavy atom. The number of phenolic OH excluding ortho intramolecular Hbond substituents is 1. The monoisotopic (exact) mass is 209 g/mol. The molecule has 5 nitrogen and oxygen atoms in total. The van der Waals surface area contributed by atoms with E-state index in [2.05, 4.69) is 0 Å². The fourth-order valence-electron chi connectivity index (χ4n) is 1.14. The Morgan fingerprint density at radius 1 is 1.20 bits per heavy atom. The highest BCUT2D eigenvalue weighted by Crippen LogP contribution is 2.17. The van der Waals surface area contributed by atoms with Crippen LogP contribution in [0.15, 0.2) is 18.2 Å². The number of carboxylic acids is 1. The van der Waals surface area contributed by atoms with Crippen LogP contribution in [0, 0.1) is 0 Å². The van der Waals surface area contributed by atoms with E-state index in [1.807, 2.05) is 0 Å². The molecule has 0 aliphatic rings. The van der Waals surface area contributed by atoms with Gasteiger partial charge in [0.1, 0.15) is 5.75 Å². The molecule has 0 fully saturated rings. The molecule has 2 N–H and O–H groups in total. The van der Waals surface area contributed by atoms with Crippen molar-refractivity contribution in [2.45, 2.75) is 0 Å². The second-order valence-corrected chi connectivity index (χ2v) is 3.23. The second kappa shape index (κ2) is 4.00. The molecule has 0 radical (unpaired) electrons. The first-order valence-electron chi connectivity index (χ1n) is 4.21. The Hall–Kier alpha value is -2.04. The topological polar surface area (TPSA) is 77.8 Å². The lowest BCUT2D eigenvalue weighted by atomic mass is 10.1. The molecule has 0 saturated heterocycles. The molecule has 0 bridgehead atoms. The molecule has 0 atom stereocenters. The number of carbonyl (C=O) groups excluding carboxylic acids is 1. The van der Waals surface area contributed by atoms with E-state index in [9.17, 15) is 14.7 Å². The van der Waals surface area contributed by atoms with Gasteiger partial charge in [0, 0.05) is 14.1 Å². The quantitative estimate of drug-likeness (QED) is 0.754. The number of aromatic hydroxyl groups is 1. The third-order valence-corrected chi connectivity index (χ3v) is 1.87. The highest BCUT2D eigenvalue weighted by molar-refractivity contribution is 6.04. The molecule has 1 aromatic carbocycles. The summed E-state index contributed by atoms with van der Waals surface area (Å²) in [5.41, 5.74) is -0.140. The van der Waals surface area contributed by atoms with Gasteiger partial charge in [-0.15, -0.1) is 0 Å². The number of hydrogen-bond donors (Lipinski definition) is 2. The Bertz CT molecular complexity index is 412. The lowest BCUT2D eigenvalue weighted by molar-refractivity contribution is 0.0685. The van der Waals surface area contributed by atoms with Crippen LogP contribution in [0.1, 0.15) is 20.7 Å². The molecule has 0 aliphatic heterocycles. The van der Waals surface area contributed by atoms with Crippen molar-refractivity contribution in [1.29, 1.82) is 0 Å². The zero-order chi connectivity index (χ0) is 11.6. The fourth-order valence-corrected chi connectivity index (χ4v) is 1.14. The van der Waals surface area contributed by atoms with Gasteiger partial charge < -0.3 is 15.1 Å². The molecular weight excluding hydrogens is 198 g/mol. The summed E-state index contributed by atoms with van der Waals surface area (Å²) in [7, 11) is 3.02. The number of carbonyl (C=O) groups is 2. The van der Waals surface area contributed by atoms with Gasteiger partial charge in [-0.2, -0.15) is 0 Å². The predicted octanol–water partition coefficient (Wildman–Crippen LogP) is 0.792. The number of benzene rings is 1. The minimum absolute atomic E-state index is 0.0208. The molecule has 0 unspecified atom stereocenters. The van der Waals surface area contributed by atoms with E-state index in [4.69, 9.17) is 5.11 Å². The van der Waals surface area contributed by atoms with Gasteiger partial charge in [0.15, 0.2) is 0 Å². The van der Waals surface area contributed by atoms with Gasteiger partial charge in [-0.05, 0) is 18.2 Å². The van der Waals surface area contributed by atoms with Gasteiger partial charge in [-0.1, -0.05) is 0 Å². The average molecular weight is 209 g/mol. The summed E-state index contributed by atoms with van der Waals surface area (Å²) in [6, 6.07) is 3.58. The molecule has 0 aromatic heterocycles. The van der Waals surface area contributed by atoms with E-state index in [-0.39, 0.29) is 16.9 Å². The lowest BCUT2D eigenvalue weighted by Crippen LogP contribution is -2.23. The van der Waals surface area contributed by atoms with E-state index in [0.717, 1.165) is 6.07 Å². The summed E-state index contributed by atoms with van der Waals surface area (Å²) in [6.45, 7) is 0. The summed E-state index contributed by atoms with van der Waals surface area (Å²) in [6.07, 6.45) is 0. The Kier molecular flexibility index (Phi) is 2.94. The third kappa shape index (κ3) is 2.25. The summed E-state index contributed by atoms with van der Waals surface area (Å²) in [4.78, 5) is 23.6. The number of hydrogen-bond acceptors (Lipinski definition) is 3. The first-order chi connectivity index (χ1) is 6.93. The van der Waals surface area contributed by atoms with Crippen LogP contribution in [0.5, 0.6) is 5.75 Å². The molecule has 0 spiro atoms. The number of carboxylic acid groups (broad SMARTS) is 1. The van der Waals surface area contributed by atoms with E-state index >= 15 is 0 Å². The standard InChI is InChI=1S/C10H11NO4/c1-11(2)9(13)8-5-6(12)3-4-7(8)10(14)15/h3-5,12H,1-2H3,(H,14,15). The molecule has 1 amide bonds. The second-order valence-electron chi connectivity index (χ2n) is 3.23. The van der Waals surface area contributed by atoms with E-state index in [1.165, 1.54) is 31.1 Å².